The number of hydrogen-bond acceptors (Lipinski definition) is 3. The molecule has 0 saturated carbocycles. The highest BCUT2D eigenvalue weighted by Gasteiger charge is 2.24. The molecule has 1 aliphatic heterocycles. The van der Waals surface area contributed by atoms with Crippen LogP contribution in [0.4, 0.5) is 0 Å². The van der Waals surface area contributed by atoms with E-state index in [0.29, 0.717) is 12.1 Å². The van der Waals surface area contributed by atoms with Gasteiger partial charge in [-0.15, -0.1) is 0 Å². The standard InChI is InChI=1S/C14H22N2O/c1-12(15-2)14-11-16(8-9-17-14)10-13-6-4-3-5-7-13/h3-7,12,14-15H,8-11H2,1-2H3/t12-,14+/m1/s1. The van der Waals surface area contributed by atoms with Crippen LogP contribution in [0.25, 0.3) is 0 Å². The van der Waals surface area contributed by atoms with Crippen LogP contribution in [0.5, 0.6) is 0 Å². The topological polar surface area (TPSA) is 24.5 Å². The lowest BCUT2D eigenvalue weighted by molar-refractivity contribution is -0.0449. The van der Waals surface area contributed by atoms with Crippen molar-refractivity contribution in [3.8, 4) is 0 Å². The van der Waals surface area contributed by atoms with Crippen LogP contribution in [0.3, 0.4) is 0 Å². The molecule has 0 amide bonds. The molecule has 17 heavy (non-hydrogen) atoms. The lowest BCUT2D eigenvalue weighted by Gasteiger charge is -2.35. The molecule has 1 fully saturated rings. The zero-order chi connectivity index (χ0) is 12.1. The Morgan fingerprint density at radius 1 is 1.41 bits per heavy atom. The first kappa shape index (κ1) is 12.6. The first-order valence-electron chi connectivity index (χ1n) is 6.34. The van der Waals surface area contributed by atoms with Gasteiger partial charge in [0.2, 0.25) is 0 Å². The third kappa shape index (κ3) is 3.53. The van der Waals surface area contributed by atoms with Crippen molar-refractivity contribution in [2.24, 2.45) is 0 Å². The number of ether oxygens (including phenoxy) is 1. The second-order valence-electron chi connectivity index (χ2n) is 4.71. The zero-order valence-electron chi connectivity index (χ0n) is 10.7. The third-order valence-electron chi connectivity index (χ3n) is 3.44. The predicted octanol–water partition coefficient (Wildman–Crippen LogP) is 1.50. The molecule has 2 atom stereocenters. The summed E-state index contributed by atoms with van der Waals surface area (Å²) in [6.45, 7) is 6.08. The van der Waals surface area contributed by atoms with Gasteiger partial charge in [0, 0.05) is 25.7 Å². The van der Waals surface area contributed by atoms with E-state index in [1.807, 2.05) is 7.05 Å². The average Bonchev–Trinajstić information content (AvgIpc) is 2.39. The molecule has 0 bridgehead atoms. The fourth-order valence-electron chi connectivity index (χ4n) is 2.21. The van der Waals surface area contributed by atoms with Crippen LogP contribution in [-0.4, -0.2) is 43.8 Å². The summed E-state index contributed by atoms with van der Waals surface area (Å²) >= 11 is 0. The van der Waals surface area contributed by atoms with Gasteiger partial charge >= 0.3 is 0 Å². The minimum Gasteiger partial charge on any atom is -0.374 e. The minimum atomic E-state index is 0.303. The molecule has 0 spiro atoms. The maximum atomic E-state index is 5.79. The highest BCUT2D eigenvalue weighted by atomic mass is 16.5. The Labute approximate surface area is 104 Å². The van der Waals surface area contributed by atoms with Crippen molar-refractivity contribution in [3.05, 3.63) is 35.9 Å². The van der Waals surface area contributed by atoms with Gasteiger partial charge in [-0.1, -0.05) is 30.3 Å². The Balaban J connectivity index is 1.89. The van der Waals surface area contributed by atoms with Gasteiger partial charge in [-0.25, -0.2) is 0 Å². The third-order valence-corrected chi connectivity index (χ3v) is 3.44. The molecule has 0 aliphatic carbocycles. The monoisotopic (exact) mass is 234 g/mol. The molecule has 94 valence electrons. The SMILES string of the molecule is CN[C@H](C)[C@@H]1CN(Cc2ccccc2)CCO1. The van der Waals surface area contributed by atoms with Crippen molar-refractivity contribution in [3.63, 3.8) is 0 Å². The Hall–Kier alpha value is -0.900. The predicted molar refractivity (Wildman–Crippen MR) is 70.0 cm³/mol. The molecule has 3 nitrogen and oxygen atoms in total. The summed E-state index contributed by atoms with van der Waals surface area (Å²) in [5.41, 5.74) is 1.38. The summed E-state index contributed by atoms with van der Waals surface area (Å²) in [4.78, 5) is 2.47. The fourth-order valence-corrected chi connectivity index (χ4v) is 2.21. The highest BCUT2D eigenvalue weighted by Crippen LogP contribution is 2.12. The molecule has 0 radical (unpaired) electrons. The molecule has 1 aromatic carbocycles. The molecule has 1 aliphatic rings. The number of benzene rings is 1. The van der Waals surface area contributed by atoms with Gasteiger partial charge in [0.15, 0.2) is 0 Å². The Morgan fingerprint density at radius 3 is 2.88 bits per heavy atom. The Kier molecular flexibility index (Phi) is 4.54. The van der Waals surface area contributed by atoms with Crippen molar-refractivity contribution in [2.45, 2.75) is 25.6 Å². The summed E-state index contributed by atoms with van der Waals surface area (Å²) < 4.78 is 5.79. The normalized spacial score (nSPS) is 23.5. The molecular formula is C14H22N2O. The van der Waals surface area contributed by atoms with E-state index in [2.05, 4.69) is 47.5 Å². The van der Waals surface area contributed by atoms with Gasteiger partial charge in [-0.3, -0.25) is 4.90 Å². The summed E-state index contributed by atoms with van der Waals surface area (Å²) in [6.07, 6.45) is 0.303. The first-order valence-corrected chi connectivity index (χ1v) is 6.34. The minimum absolute atomic E-state index is 0.303. The highest BCUT2D eigenvalue weighted by molar-refractivity contribution is 5.14. The number of hydrogen-bond donors (Lipinski definition) is 1. The van der Waals surface area contributed by atoms with Crippen LogP contribution in [0.15, 0.2) is 30.3 Å². The van der Waals surface area contributed by atoms with Crippen molar-refractivity contribution >= 4 is 0 Å². The van der Waals surface area contributed by atoms with Crippen LogP contribution in [0.2, 0.25) is 0 Å². The Morgan fingerprint density at radius 2 is 2.18 bits per heavy atom. The summed E-state index contributed by atoms with van der Waals surface area (Å²) in [5, 5.41) is 3.27. The molecule has 1 aromatic rings. The Bertz CT molecular complexity index is 328. The molecule has 1 saturated heterocycles. The second kappa shape index (κ2) is 6.15. The number of nitrogens with one attached hydrogen (secondary N) is 1. The van der Waals surface area contributed by atoms with E-state index in [1.165, 1.54) is 5.56 Å². The fraction of sp³-hybridized carbons (Fsp3) is 0.571. The van der Waals surface area contributed by atoms with Crippen LogP contribution in [0, 0.1) is 0 Å². The van der Waals surface area contributed by atoms with E-state index in [1.54, 1.807) is 0 Å². The molecule has 1 N–H and O–H groups in total. The second-order valence-corrected chi connectivity index (χ2v) is 4.71. The molecular weight excluding hydrogens is 212 g/mol. The number of morpholine rings is 1. The lowest BCUT2D eigenvalue weighted by Crippen LogP contribution is -2.50. The lowest BCUT2D eigenvalue weighted by atomic mass is 10.1. The van der Waals surface area contributed by atoms with E-state index in [4.69, 9.17) is 4.74 Å². The van der Waals surface area contributed by atoms with E-state index < -0.39 is 0 Å². The molecule has 3 heteroatoms. The molecule has 0 aromatic heterocycles. The number of nitrogens with zero attached hydrogens (tertiary/aromatic N) is 1. The molecule has 1 heterocycles. The van der Waals surface area contributed by atoms with E-state index >= 15 is 0 Å². The van der Waals surface area contributed by atoms with Gasteiger partial charge in [0.25, 0.3) is 0 Å². The first-order chi connectivity index (χ1) is 8.29. The quantitative estimate of drug-likeness (QED) is 0.854. The average molecular weight is 234 g/mol. The van der Waals surface area contributed by atoms with E-state index in [-0.39, 0.29) is 0 Å². The number of rotatable bonds is 4. The van der Waals surface area contributed by atoms with Crippen LogP contribution in [-0.2, 0) is 11.3 Å². The number of likely N-dealkylation sites (N-methyl/N-ethyl adjacent to an activating group) is 1. The van der Waals surface area contributed by atoms with Crippen molar-refractivity contribution < 1.29 is 4.74 Å². The molecule has 2 rings (SSSR count). The van der Waals surface area contributed by atoms with Gasteiger partial charge in [0.05, 0.1) is 12.7 Å². The van der Waals surface area contributed by atoms with Gasteiger partial charge in [-0.05, 0) is 19.5 Å². The zero-order valence-corrected chi connectivity index (χ0v) is 10.7. The maximum Gasteiger partial charge on any atom is 0.0852 e. The van der Waals surface area contributed by atoms with Crippen molar-refractivity contribution in [1.29, 1.82) is 0 Å². The summed E-state index contributed by atoms with van der Waals surface area (Å²) in [6, 6.07) is 11.0. The van der Waals surface area contributed by atoms with Crippen LogP contribution in [0.1, 0.15) is 12.5 Å². The largest absolute Gasteiger partial charge is 0.374 e. The van der Waals surface area contributed by atoms with Gasteiger partial charge < -0.3 is 10.1 Å². The maximum absolute atomic E-state index is 5.79. The van der Waals surface area contributed by atoms with Crippen LogP contribution >= 0.6 is 0 Å². The molecule has 0 unspecified atom stereocenters. The van der Waals surface area contributed by atoms with Gasteiger partial charge in [-0.2, -0.15) is 0 Å². The summed E-state index contributed by atoms with van der Waals surface area (Å²) in [7, 11) is 1.99. The smallest absolute Gasteiger partial charge is 0.0852 e. The van der Waals surface area contributed by atoms with Gasteiger partial charge in [0.1, 0.15) is 0 Å². The summed E-state index contributed by atoms with van der Waals surface area (Å²) in [5.74, 6) is 0. The van der Waals surface area contributed by atoms with Crippen molar-refractivity contribution in [1.82, 2.24) is 10.2 Å². The van der Waals surface area contributed by atoms with E-state index in [9.17, 15) is 0 Å². The van der Waals surface area contributed by atoms with Crippen LogP contribution < -0.4 is 5.32 Å². The van der Waals surface area contributed by atoms with Crippen molar-refractivity contribution in [2.75, 3.05) is 26.7 Å². The van der Waals surface area contributed by atoms with E-state index in [0.717, 1.165) is 26.2 Å².